The van der Waals surface area contributed by atoms with Crippen molar-refractivity contribution in [1.82, 2.24) is 0 Å². The normalized spacial score (nSPS) is 12.6. The van der Waals surface area contributed by atoms with Crippen LogP contribution in [0.4, 0.5) is 17.1 Å². The zero-order chi connectivity index (χ0) is 43.8. The van der Waals surface area contributed by atoms with Gasteiger partial charge >= 0.3 is 0 Å². The Bertz CT molecular complexity index is 3080. The molecule has 11 rings (SSSR count). The Hall–Kier alpha value is -7.78. The summed E-state index contributed by atoms with van der Waals surface area (Å²) < 4.78 is 0. The van der Waals surface area contributed by atoms with Crippen LogP contribution in [0, 0.1) is 13.8 Å². The SMILES string of the molecule is Cc1cc(N(c2ccccc2)c2ccc3c(c2)C(c2ccccc2)(c2ccccc2)c2ccccc2-3)cc(C)c1-c1ccc([Si](c2ccccc2)(c2ccccc2)c2ccccc2)cc1. The lowest BCUT2D eigenvalue weighted by Gasteiger charge is -2.35. The van der Waals surface area contributed by atoms with Gasteiger partial charge in [0, 0.05) is 17.1 Å². The molecule has 1 aliphatic carbocycles. The average Bonchev–Trinajstić information content (AvgIpc) is 3.67. The van der Waals surface area contributed by atoms with Gasteiger partial charge in [0.2, 0.25) is 0 Å². The smallest absolute Gasteiger partial charge is 0.179 e. The molecule has 0 heterocycles. The van der Waals surface area contributed by atoms with Gasteiger partial charge in [-0.15, -0.1) is 0 Å². The first-order valence-electron chi connectivity index (χ1n) is 22.7. The average molecular weight is 848 g/mol. The van der Waals surface area contributed by atoms with Crippen molar-refractivity contribution in [2.24, 2.45) is 0 Å². The van der Waals surface area contributed by atoms with Crippen molar-refractivity contribution in [3.05, 3.63) is 294 Å². The lowest BCUT2D eigenvalue weighted by Crippen LogP contribution is -2.74. The third-order valence-corrected chi connectivity index (χ3v) is 18.5. The monoisotopic (exact) mass is 847 g/mol. The summed E-state index contributed by atoms with van der Waals surface area (Å²) in [6.45, 7) is 4.55. The molecule has 2 heteroatoms. The molecule has 1 aliphatic rings. The molecule has 10 aromatic carbocycles. The van der Waals surface area contributed by atoms with E-state index in [4.69, 9.17) is 0 Å². The maximum atomic E-state index is 2.46. The minimum Gasteiger partial charge on any atom is -0.310 e. The highest BCUT2D eigenvalue weighted by Gasteiger charge is 2.46. The molecule has 0 atom stereocenters. The number of benzene rings is 10. The Morgan fingerprint density at radius 3 is 1.25 bits per heavy atom. The van der Waals surface area contributed by atoms with Crippen molar-refractivity contribution in [3.8, 4) is 22.3 Å². The molecule has 65 heavy (non-hydrogen) atoms. The van der Waals surface area contributed by atoms with Crippen molar-refractivity contribution in [3.63, 3.8) is 0 Å². The quantitative estimate of drug-likeness (QED) is 0.0979. The van der Waals surface area contributed by atoms with Crippen LogP contribution in [0.1, 0.15) is 33.4 Å². The maximum Gasteiger partial charge on any atom is 0.179 e. The topological polar surface area (TPSA) is 3.24 Å². The third-order valence-electron chi connectivity index (χ3n) is 13.7. The van der Waals surface area contributed by atoms with E-state index in [1.54, 1.807) is 0 Å². The molecule has 310 valence electrons. The van der Waals surface area contributed by atoms with E-state index in [0.717, 1.165) is 17.1 Å². The summed E-state index contributed by atoms with van der Waals surface area (Å²) in [6.07, 6.45) is 0. The first kappa shape index (κ1) is 40.0. The van der Waals surface area contributed by atoms with Crippen molar-refractivity contribution >= 4 is 45.9 Å². The summed E-state index contributed by atoms with van der Waals surface area (Å²) in [5, 5.41) is 5.50. The van der Waals surface area contributed by atoms with Gasteiger partial charge in [0.1, 0.15) is 0 Å². The number of hydrogen-bond acceptors (Lipinski definition) is 1. The third kappa shape index (κ3) is 6.60. The summed E-state index contributed by atoms with van der Waals surface area (Å²) in [7, 11) is -2.64. The summed E-state index contributed by atoms with van der Waals surface area (Å²) in [5.41, 5.74) is 15.6. The fourth-order valence-electron chi connectivity index (χ4n) is 11.1. The molecule has 10 aromatic rings. The maximum absolute atomic E-state index is 2.64. The summed E-state index contributed by atoms with van der Waals surface area (Å²) in [6, 6.07) is 96.9. The van der Waals surface area contributed by atoms with Crippen molar-refractivity contribution in [1.29, 1.82) is 0 Å². The molecule has 1 nitrogen and oxygen atoms in total. The molecule has 0 aliphatic heterocycles. The molecule has 0 spiro atoms. The van der Waals surface area contributed by atoms with Gasteiger partial charge in [-0.25, -0.2) is 0 Å². The Balaban J connectivity index is 1.05. The number of aryl methyl sites for hydroxylation is 2. The molecule has 0 N–H and O–H groups in total. The number of hydrogen-bond donors (Lipinski definition) is 0. The largest absolute Gasteiger partial charge is 0.310 e. The van der Waals surface area contributed by atoms with Crippen LogP contribution in [0.2, 0.25) is 0 Å². The Kier molecular flexibility index (Phi) is 10.3. The van der Waals surface area contributed by atoms with E-state index in [-0.39, 0.29) is 0 Å². The van der Waals surface area contributed by atoms with Gasteiger partial charge in [0.25, 0.3) is 0 Å². The van der Waals surface area contributed by atoms with Gasteiger partial charge < -0.3 is 4.90 Å². The molecule has 0 amide bonds. The standard InChI is InChI=1S/C63H49NSi/c1-46-43-53(44-47(2)62(46)48-37-40-57(41-38-48)65(54-29-15-6-16-30-54,55-31-17-7-18-32-55)56-33-19-8-20-34-56)64(51-27-13-5-14-28-51)52-39-42-59-58-35-21-22-36-60(58)63(61(59)45-52,49-23-9-3-10-24-49)50-25-11-4-12-26-50/h3-45H,1-2H3. The summed E-state index contributed by atoms with van der Waals surface area (Å²) in [4.78, 5) is 2.44. The van der Waals surface area contributed by atoms with Gasteiger partial charge in [0.15, 0.2) is 8.07 Å². The van der Waals surface area contributed by atoms with Crippen molar-refractivity contribution in [2.75, 3.05) is 4.90 Å². The molecule has 0 bridgehead atoms. The number of fused-ring (bicyclic) bond motifs is 3. The van der Waals surface area contributed by atoms with E-state index < -0.39 is 13.5 Å². The summed E-state index contributed by atoms with van der Waals surface area (Å²) in [5.74, 6) is 0. The highest BCUT2D eigenvalue weighted by Crippen LogP contribution is 2.57. The lowest BCUT2D eigenvalue weighted by atomic mass is 9.67. The molecule has 0 aromatic heterocycles. The minimum atomic E-state index is -2.64. The van der Waals surface area contributed by atoms with Crippen molar-refractivity contribution < 1.29 is 0 Å². The van der Waals surface area contributed by atoms with Crippen LogP contribution in [0.3, 0.4) is 0 Å². The highest BCUT2D eigenvalue weighted by atomic mass is 28.3. The van der Waals surface area contributed by atoms with Crippen LogP contribution < -0.4 is 25.6 Å². The second-order valence-electron chi connectivity index (χ2n) is 17.3. The van der Waals surface area contributed by atoms with E-state index >= 15 is 0 Å². The Morgan fingerprint density at radius 1 is 0.323 bits per heavy atom. The van der Waals surface area contributed by atoms with Crippen LogP contribution >= 0.6 is 0 Å². The van der Waals surface area contributed by atoms with Gasteiger partial charge in [-0.3, -0.25) is 0 Å². The number of para-hydroxylation sites is 1. The van der Waals surface area contributed by atoms with E-state index in [1.165, 1.54) is 76.4 Å². The number of nitrogens with zero attached hydrogens (tertiary/aromatic N) is 1. The molecule has 0 fully saturated rings. The fourth-order valence-corrected chi connectivity index (χ4v) is 15.8. The lowest BCUT2D eigenvalue weighted by molar-refractivity contribution is 0.768. The van der Waals surface area contributed by atoms with Crippen LogP contribution in [0.5, 0.6) is 0 Å². The van der Waals surface area contributed by atoms with Crippen LogP contribution in [-0.4, -0.2) is 8.07 Å². The predicted octanol–water partition coefficient (Wildman–Crippen LogP) is 13.2. The highest BCUT2D eigenvalue weighted by molar-refractivity contribution is 7.19. The Labute approximate surface area is 384 Å². The zero-order valence-corrected chi connectivity index (χ0v) is 37.8. The van der Waals surface area contributed by atoms with Crippen LogP contribution in [0.25, 0.3) is 22.3 Å². The molecule has 0 unspecified atom stereocenters. The van der Waals surface area contributed by atoms with E-state index in [1.807, 2.05) is 0 Å². The molecular formula is C63H49NSi. The molecule has 0 saturated heterocycles. The van der Waals surface area contributed by atoms with Crippen molar-refractivity contribution in [2.45, 2.75) is 19.3 Å². The van der Waals surface area contributed by atoms with Gasteiger partial charge in [-0.05, 0) is 127 Å². The first-order valence-corrected chi connectivity index (χ1v) is 24.7. The second-order valence-corrected chi connectivity index (χ2v) is 21.1. The first-order chi connectivity index (χ1) is 32.1. The molecule has 0 saturated carbocycles. The minimum absolute atomic E-state index is 0.489. The van der Waals surface area contributed by atoms with Gasteiger partial charge in [0.05, 0.1) is 5.41 Å². The molecular weight excluding hydrogens is 799 g/mol. The zero-order valence-electron chi connectivity index (χ0n) is 36.8. The van der Waals surface area contributed by atoms with Crippen LogP contribution in [0.15, 0.2) is 261 Å². The second kappa shape index (κ2) is 16.7. The Morgan fingerprint density at radius 2 is 0.738 bits per heavy atom. The van der Waals surface area contributed by atoms with Crippen LogP contribution in [-0.2, 0) is 5.41 Å². The fraction of sp³-hybridized carbons (Fsp3) is 0.0476. The predicted molar refractivity (Wildman–Crippen MR) is 277 cm³/mol. The molecule has 0 radical (unpaired) electrons. The number of anilines is 3. The van der Waals surface area contributed by atoms with Gasteiger partial charge in [-0.2, -0.15) is 0 Å². The van der Waals surface area contributed by atoms with E-state index in [2.05, 4.69) is 280 Å². The van der Waals surface area contributed by atoms with E-state index in [0.29, 0.717) is 0 Å². The van der Waals surface area contributed by atoms with E-state index in [9.17, 15) is 0 Å². The summed E-state index contributed by atoms with van der Waals surface area (Å²) >= 11 is 0. The number of rotatable bonds is 10. The van der Waals surface area contributed by atoms with Gasteiger partial charge in [-0.1, -0.05) is 224 Å².